The van der Waals surface area contributed by atoms with Crippen molar-refractivity contribution in [3.8, 4) is 5.88 Å². The number of rotatable bonds is 6. The average Bonchev–Trinajstić information content (AvgIpc) is 2.80. The Morgan fingerprint density at radius 1 is 1.26 bits per heavy atom. The number of hydrogen-bond acceptors (Lipinski definition) is 6. The molecule has 0 radical (unpaired) electrons. The fourth-order valence-electron chi connectivity index (χ4n) is 3.27. The molecule has 3 aromatic rings. The van der Waals surface area contributed by atoms with Crippen LogP contribution in [0.25, 0.3) is 0 Å². The SMILES string of the molecule is COc1ncccc1CNC(=O)c1cnc2c(c1)N(Cc1ccc(Cl)cc1)C(=O)CN2. The van der Waals surface area contributed by atoms with Crippen LogP contribution in [0.5, 0.6) is 5.88 Å². The molecule has 0 unspecified atom stereocenters. The van der Waals surface area contributed by atoms with Crippen LogP contribution in [-0.2, 0) is 17.9 Å². The van der Waals surface area contributed by atoms with Crippen LogP contribution in [0, 0.1) is 0 Å². The van der Waals surface area contributed by atoms with E-state index in [0.29, 0.717) is 34.5 Å². The Kier molecular flexibility index (Phi) is 5.99. The quantitative estimate of drug-likeness (QED) is 0.615. The molecule has 0 saturated carbocycles. The van der Waals surface area contributed by atoms with Gasteiger partial charge >= 0.3 is 0 Å². The van der Waals surface area contributed by atoms with Crippen LogP contribution in [0.4, 0.5) is 11.5 Å². The topological polar surface area (TPSA) is 96.4 Å². The second-order valence-corrected chi connectivity index (χ2v) is 7.34. The summed E-state index contributed by atoms with van der Waals surface area (Å²) >= 11 is 5.96. The molecule has 2 amide bonds. The van der Waals surface area contributed by atoms with Crippen molar-refractivity contribution in [2.24, 2.45) is 0 Å². The number of halogens is 1. The van der Waals surface area contributed by atoms with E-state index in [-0.39, 0.29) is 24.9 Å². The zero-order valence-electron chi connectivity index (χ0n) is 16.8. The third-order valence-electron chi connectivity index (χ3n) is 4.87. The summed E-state index contributed by atoms with van der Waals surface area (Å²) in [7, 11) is 1.53. The highest BCUT2D eigenvalue weighted by atomic mass is 35.5. The highest BCUT2D eigenvalue weighted by Gasteiger charge is 2.26. The minimum atomic E-state index is -0.314. The third kappa shape index (κ3) is 4.59. The summed E-state index contributed by atoms with van der Waals surface area (Å²) in [5.74, 6) is 0.585. The molecular weight excluding hydrogens is 418 g/mol. The zero-order chi connectivity index (χ0) is 21.8. The number of pyridine rings is 2. The first-order chi connectivity index (χ1) is 15.0. The van der Waals surface area contributed by atoms with Crippen molar-refractivity contribution >= 4 is 34.9 Å². The number of nitrogens with one attached hydrogen (secondary N) is 2. The molecule has 2 aromatic heterocycles. The van der Waals surface area contributed by atoms with Gasteiger partial charge in [-0.05, 0) is 29.8 Å². The molecule has 31 heavy (non-hydrogen) atoms. The van der Waals surface area contributed by atoms with Gasteiger partial charge in [0.15, 0.2) is 5.82 Å². The number of carbonyl (C=O) groups excluding carboxylic acids is 2. The molecule has 8 nitrogen and oxygen atoms in total. The summed E-state index contributed by atoms with van der Waals surface area (Å²) in [5, 5.41) is 6.46. The maximum atomic E-state index is 12.7. The number of methoxy groups -OCH3 is 1. The molecule has 0 aliphatic carbocycles. The lowest BCUT2D eigenvalue weighted by molar-refractivity contribution is -0.117. The molecule has 0 fully saturated rings. The van der Waals surface area contributed by atoms with E-state index in [1.165, 1.54) is 13.3 Å². The molecule has 9 heteroatoms. The summed E-state index contributed by atoms with van der Waals surface area (Å²) < 4.78 is 5.21. The molecule has 0 spiro atoms. The highest BCUT2D eigenvalue weighted by Crippen LogP contribution is 2.30. The predicted octanol–water partition coefficient (Wildman–Crippen LogP) is 3.03. The van der Waals surface area contributed by atoms with Crippen molar-refractivity contribution in [3.05, 3.63) is 76.6 Å². The van der Waals surface area contributed by atoms with Gasteiger partial charge in [-0.25, -0.2) is 9.97 Å². The van der Waals surface area contributed by atoms with Crippen LogP contribution in [0.2, 0.25) is 5.02 Å². The predicted molar refractivity (Wildman–Crippen MR) is 117 cm³/mol. The van der Waals surface area contributed by atoms with Gasteiger partial charge in [0.05, 0.1) is 31.5 Å². The van der Waals surface area contributed by atoms with Crippen molar-refractivity contribution < 1.29 is 14.3 Å². The number of benzene rings is 1. The van der Waals surface area contributed by atoms with Gasteiger partial charge in [-0.1, -0.05) is 29.8 Å². The van der Waals surface area contributed by atoms with Crippen molar-refractivity contribution in [2.75, 3.05) is 23.9 Å². The Hall–Kier alpha value is -3.65. The Labute approximate surface area is 184 Å². The summed E-state index contributed by atoms with van der Waals surface area (Å²) in [4.78, 5) is 35.4. The fraction of sp³-hybridized carbons (Fsp3) is 0.182. The number of anilines is 2. The number of carbonyl (C=O) groups is 2. The van der Waals surface area contributed by atoms with E-state index in [0.717, 1.165) is 11.1 Å². The lowest BCUT2D eigenvalue weighted by Gasteiger charge is -2.29. The average molecular weight is 438 g/mol. The Morgan fingerprint density at radius 3 is 2.84 bits per heavy atom. The van der Waals surface area contributed by atoms with Gasteiger partial charge < -0.3 is 20.3 Å². The second kappa shape index (κ2) is 9.01. The van der Waals surface area contributed by atoms with Gasteiger partial charge in [0.25, 0.3) is 5.91 Å². The maximum Gasteiger partial charge on any atom is 0.253 e. The monoisotopic (exact) mass is 437 g/mol. The molecule has 0 atom stereocenters. The van der Waals surface area contributed by atoms with E-state index in [1.807, 2.05) is 18.2 Å². The third-order valence-corrected chi connectivity index (χ3v) is 5.12. The van der Waals surface area contributed by atoms with E-state index in [4.69, 9.17) is 16.3 Å². The lowest BCUT2D eigenvalue weighted by Crippen LogP contribution is -2.40. The van der Waals surface area contributed by atoms with Gasteiger partial charge in [-0.15, -0.1) is 0 Å². The number of ether oxygens (including phenoxy) is 1. The minimum absolute atomic E-state index is 0.109. The minimum Gasteiger partial charge on any atom is -0.481 e. The molecule has 1 aromatic carbocycles. The van der Waals surface area contributed by atoms with Gasteiger partial charge in [-0.2, -0.15) is 0 Å². The first-order valence-electron chi connectivity index (χ1n) is 9.60. The molecule has 158 valence electrons. The second-order valence-electron chi connectivity index (χ2n) is 6.91. The number of aromatic nitrogens is 2. The van der Waals surface area contributed by atoms with Crippen LogP contribution in [0.1, 0.15) is 21.5 Å². The molecule has 1 aliphatic rings. The van der Waals surface area contributed by atoms with E-state index < -0.39 is 0 Å². The fourth-order valence-corrected chi connectivity index (χ4v) is 3.40. The van der Waals surface area contributed by atoms with Crippen molar-refractivity contribution in [1.82, 2.24) is 15.3 Å². The van der Waals surface area contributed by atoms with Gasteiger partial charge in [0.1, 0.15) is 0 Å². The van der Waals surface area contributed by atoms with Crippen LogP contribution >= 0.6 is 11.6 Å². The molecule has 0 saturated heterocycles. The molecule has 1 aliphatic heterocycles. The molecule has 3 heterocycles. The van der Waals surface area contributed by atoms with Crippen molar-refractivity contribution in [1.29, 1.82) is 0 Å². The zero-order valence-corrected chi connectivity index (χ0v) is 17.5. The number of nitrogens with zero attached hydrogens (tertiary/aromatic N) is 3. The summed E-state index contributed by atoms with van der Waals surface area (Å²) in [6.07, 6.45) is 3.11. The molecule has 4 rings (SSSR count). The summed E-state index contributed by atoms with van der Waals surface area (Å²) in [6.45, 7) is 0.739. The van der Waals surface area contributed by atoms with Gasteiger partial charge in [0, 0.05) is 29.5 Å². The Balaban J connectivity index is 1.54. The van der Waals surface area contributed by atoms with Crippen LogP contribution in [0.15, 0.2) is 54.9 Å². The summed E-state index contributed by atoms with van der Waals surface area (Å²) in [5.41, 5.74) is 2.58. The van der Waals surface area contributed by atoms with Crippen LogP contribution in [-0.4, -0.2) is 35.4 Å². The molecular formula is C22H20ClN5O3. The summed E-state index contributed by atoms with van der Waals surface area (Å²) in [6, 6.07) is 12.5. The number of fused-ring (bicyclic) bond motifs is 1. The standard InChI is InChI=1S/C22H20ClN5O3/c1-31-22-15(3-2-8-24-22)10-27-21(30)16-9-18-20(25-11-16)26-12-19(29)28(18)13-14-4-6-17(23)7-5-14/h2-9,11H,10,12-13H2,1H3,(H,25,26)(H,27,30). The van der Waals surface area contributed by atoms with Crippen LogP contribution < -0.4 is 20.3 Å². The first-order valence-corrected chi connectivity index (χ1v) is 9.98. The van der Waals surface area contributed by atoms with Crippen molar-refractivity contribution in [2.45, 2.75) is 13.1 Å². The smallest absolute Gasteiger partial charge is 0.253 e. The maximum absolute atomic E-state index is 12.7. The first kappa shape index (κ1) is 20.6. The highest BCUT2D eigenvalue weighted by molar-refractivity contribution is 6.30. The molecule has 0 bridgehead atoms. The number of amides is 2. The largest absolute Gasteiger partial charge is 0.481 e. The van der Waals surface area contributed by atoms with E-state index in [2.05, 4.69) is 20.6 Å². The Bertz CT molecular complexity index is 1120. The molecule has 2 N–H and O–H groups in total. The van der Waals surface area contributed by atoms with E-state index >= 15 is 0 Å². The van der Waals surface area contributed by atoms with Gasteiger partial charge in [-0.3, -0.25) is 9.59 Å². The van der Waals surface area contributed by atoms with Crippen molar-refractivity contribution in [3.63, 3.8) is 0 Å². The van der Waals surface area contributed by atoms with Crippen LogP contribution in [0.3, 0.4) is 0 Å². The normalized spacial score (nSPS) is 12.7. The lowest BCUT2D eigenvalue weighted by atomic mass is 10.1. The Morgan fingerprint density at radius 2 is 2.06 bits per heavy atom. The van der Waals surface area contributed by atoms with E-state index in [1.54, 1.807) is 35.4 Å². The number of hydrogen-bond donors (Lipinski definition) is 2. The van der Waals surface area contributed by atoms with E-state index in [9.17, 15) is 9.59 Å². The van der Waals surface area contributed by atoms with Gasteiger partial charge in [0.2, 0.25) is 11.8 Å².